The molecule has 6 heteroatoms. The van der Waals surface area contributed by atoms with Gasteiger partial charge in [-0.05, 0) is 48.9 Å². The Balaban J connectivity index is 1.65. The van der Waals surface area contributed by atoms with E-state index in [0.29, 0.717) is 17.2 Å². The van der Waals surface area contributed by atoms with Gasteiger partial charge in [-0.15, -0.1) is 0 Å². The molecule has 0 aliphatic carbocycles. The highest BCUT2D eigenvalue weighted by atomic mass is 19.1. The fourth-order valence-corrected chi connectivity index (χ4v) is 3.94. The highest BCUT2D eigenvalue weighted by Crippen LogP contribution is 2.39. The molecule has 0 saturated heterocycles. The van der Waals surface area contributed by atoms with E-state index in [2.05, 4.69) is 15.2 Å². The van der Waals surface area contributed by atoms with Crippen LogP contribution >= 0.6 is 0 Å². The number of imidazole rings is 1. The fraction of sp³-hybridized carbons (Fsp3) is 0.0833. The van der Waals surface area contributed by atoms with E-state index >= 15 is 0 Å². The van der Waals surface area contributed by atoms with Gasteiger partial charge < -0.3 is 10.6 Å². The van der Waals surface area contributed by atoms with Gasteiger partial charge in [0.15, 0.2) is 0 Å². The number of carbonyl (C=O) groups excluding carboxylic acids is 1. The van der Waals surface area contributed by atoms with Crippen LogP contribution < -0.4 is 10.6 Å². The van der Waals surface area contributed by atoms with Crippen molar-refractivity contribution in [2.45, 2.75) is 13.0 Å². The summed E-state index contributed by atoms with van der Waals surface area (Å²) in [6.07, 6.45) is 0. The van der Waals surface area contributed by atoms with Crippen molar-refractivity contribution in [2.75, 3.05) is 10.6 Å². The second kappa shape index (κ2) is 7.15. The third-order valence-electron chi connectivity index (χ3n) is 5.29. The standard InChI is InChI=1S/C24H19FN4O/c1-15-21(23(30)27-18-13-11-17(25)12-14-18)22(16-7-3-2-4-8-16)29-20-10-6-5-9-19(20)28-24(29)26-15/h2-14,22H,1H3,(H,26,28)(H,27,30)/t22-/m1/s1. The minimum absolute atomic E-state index is 0.246. The molecule has 2 heterocycles. The van der Waals surface area contributed by atoms with Crippen molar-refractivity contribution >= 4 is 28.6 Å². The van der Waals surface area contributed by atoms with Crippen molar-refractivity contribution in [3.63, 3.8) is 0 Å². The monoisotopic (exact) mass is 398 g/mol. The average Bonchev–Trinajstić information content (AvgIpc) is 3.12. The lowest BCUT2D eigenvalue weighted by atomic mass is 9.94. The third-order valence-corrected chi connectivity index (χ3v) is 5.29. The van der Waals surface area contributed by atoms with Crippen molar-refractivity contribution in [1.82, 2.24) is 9.55 Å². The predicted octanol–water partition coefficient (Wildman–Crippen LogP) is 5.10. The summed E-state index contributed by atoms with van der Waals surface area (Å²) in [5, 5.41) is 6.19. The summed E-state index contributed by atoms with van der Waals surface area (Å²) in [7, 11) is 0. The second-order valence-corrected chi connectivity index (χ2v) is 7.23. The molecule has 5 rings (SSSR count). The molecule has 4 aromatic rings. The largest absolute Gasteiger partial charge is 0.329 e. The van der Waals surface area contributed by atoms with Crippen LogP contribution in [0.3, 0.4) is 0 Å². The van der Waals surface area contributed by atoms with Gasteiger partial charge in [0.25, 0.3) is 5.91 Å². The molecule has 1 aromatic heterocycles. The molecule has 1 amide bonds. The van der Waals surface area contributed by atoms with Gasteiger partial charge in [-0.25, -0.2) is 9.37 Å². The van der Waals surface area contributed by atoms with Crippen LogP contribution in [0.5, 0.6) is 0 Å². The highest BCUT2D eigenvalue weighted by molar-refractivity contribution is 6.06. The Bertz CT molecular complexity index is 1280. The maximum atomic E-state index is 13.4. The van der Waals surface area contributed by atoms with Crippen molar-refractivity contribution in [2.24, 2.45) is 0 Å². The van der Waals surface area contributed by atoms with Crippen LogP contribution in [0.15, 0.2) is 90.1 Å². The Morgan fingerprint density at radius 3 is 2.47 bits per heavy atom. The predicted molar refractivity (Wildman–Crippen MR) is 116 cm³/mol. The molecule has 30 heavy (non-hydrogen) atoms. The molecule has 1 aliphatic heterocycles. The quantitative estimate of drug-likeness (QED) is 0.505. The zero-order valence-electron chi connectivity index (χ0n) is 16.3. The Morgan fingerprint density at radius 2 is 1.70 bits per heavy atom. The highest BCUT2D eigenvalue weighted by Gasteiger charge is 2.33. The molecular weight excluding hydrogens is 379 g/mol. The SMILES string of the molecule is CC1=C(C(=O)Nc2ccc(F)cc2)[C@@H](c2ccccc2)n2c(nc3ccccc32)N1. The van der Waals surface area contributed by atoms with Crippen LogP contribution in [0.2, 0.25) is 0 Å². The summed E-state index contributed by atoms with van der Waals surface area (Å²) in [6, 6.07) is 23.1. The Hall–Kier alpha value is -3.93. The number of halogens is 1. The van der Waals surface area contributed by atoms with Gasteiger partial charge in [-0.3, -0.25) is 9.36 Å². The van der Waals surface area contributed by atoms with E-state index in [1.807, 2.05) is 61.5 Å². The summed E-state index contributed by atoms with van der Waals surface area (Å²) in [5.74, 6) is 0.101. The normalized spacial score (nSPS) is 15.6. The molecule has 0 bridgehead atoms. The maximum absolute atomic E-state index is 13.4. The molecule has 148 valence electrons. The first kappa shape index (κ1) is 18.1. The third kappa shape index (κ3) is 3.03. The van der Waals surface area contributed by atoms with Crippen LogP contribution in [0.1, 0.15) is 18.5 Å². The van der Waals surface area contributed by atoms with Gasteiger partial charge >= 0.3 is 0 Å². The Morgan fingerprint density at radius 1 is 1.00 bits per heavy atom. The topological polar surface area (TPSA) is 59.0 Å². The zero-order chi connectivity index (χ0) is 20.7. The molecule has 3 aromatic carbocycles. The molecule has 0 spiro atoms. The van der Waals surface area contributed by atoms with Crippen molar-refractivity contribution < 1.29 is 9.18 Å². The number of nitrogens with zero attached hydrogens (tertiary/aromatic N) is 2. The lowest BCUT2D eigenvalue weighted by Crippen LogP contribution is -2.30. The smallest absolute Gasteiger partial charge is 0.255 e. The first-order chi connectivity index (χ1) is 14.6. The molecule has 0 saturated carbocycles. The van der Waals surface area contributed by atoms with Crippen molar-refractivity contribution in [3.05, 3.63) is 102 Å². The summed E-state index contributed by atoms with van der Waals surface area (Å²) >= 11 is 0. The van der Waals surface area contributed by atoms with E-state index in [1.165, 1.54) is 12.1 Å². The van der Waals surface area contributed by atoms with E-state index in [4.69, 9.17) is 4.98 Å². The number of carbonyl (C=O) groups is 1. The number of aromatic nitrogens is 2. The van der Waals surface area contributed by atoms with Crippen molar-refractivity contribution in [1.29, 1.82) is 0 Å². The number of anilines is 2. The average molecular weight is 398 g/mol. The summed E-state index contributed by atoms with van der Waals surface area (Å²) in [5.41, 5.74) is 4.62. The van der Waals surface area contributed by atoms with Gasteiger partial charge in [0, 0.05) is 11.4 Å². The number of amides is 1. The van der Waals surface area contributed by atoms with E-state index in [9.17, 15) is 9.18 Å². The molecule has 1 aliphatic rings. The number of nitrogens with one attached hydrogen (secondary N) is 2. The van der Waals surface area contributed by atoms with Gasteiger partial charge in [0.2, 0.25) is 5.95 Å². The molecular formula is C24H19FN4O. The minimum Gasteiger partial charge on any atom is -0.329 e. The van der Waals surface area contributed by atoms with E-state index in [-0.39, 0.29) is 17.8 Å². The summed E-state index contributed by atoms with van der Waals surface area (Å²) in [6.45, 7) is 1.87. The summed E-state index contributed by atoms with van der Waals surface area (Å²) < 4.78 is 15.3. The van der Waals surface area contributed by atoms with E-state index in [1.54, 1.807) is 12.1 Å². The lowest BCUT2D eigenvalue weighted by Gasteiger charge is -2.30. The lowest BCUT2D eigenvalue weighted by molar-refractivity contribution is -0.113. The van der Waals surface area contributed by atoms with Gasteiger partial charge in [-0.1, -0.05) is 42.5 Å². The Labute approximate surface area is 172 Å². The van der Waals surface area contributed by atoms with E-state index in [0.717, 1.165) is 22.3 Å². The van der Waals surface area contributed by atoms with Gasteiger partial charge in [0.1, 0.15) is 5.82 Å². The van der Waals surface area contributed by atoms with Gasteiger partial charge in [0.05, 0.1) is 22.6 Å². The fourth-order valence-electron chi connectivity index (χ4n) is 3.94. The molecule has 5 nitrogen and oxygen atoms in total. The number of para-hydroxylation sites is 2. The first-order valence-corrected chi connectivity index (χ1v) is 9.68. The number of rotatable bonds is 3. The Kier molecular flexibility index (Phi) is 4.32. The van der Waals surface area contributed by atoms with Crippen LogP contribution in [0.25, 0.3) is 11.0 Å². The van der Waals surface area contributed by atoms with E-state index < -0.39 is 0 Å². The van der Waals surface area contributed by atoms with Crippen LogP contribution in [-0.2, 0) is 4.79 Å². The molecule has 0 radical (unpaired) electrons. The number of allylic oxidation sites excluding steroid dienone is 1. The number of fused-ring (bicyclic) bond motifs is 3. The number of hydrogen-bond acceptors (Lipinski definition) is 3. The van der Waals surface area contributed by atoms with Crippen LogP contribution in [0.4, 0.5) is 16.0 Å². The van der Waals surface area contributed by atoms with Crippen LogP contribution in [0, 0.1) is 5.82 Å². The molecule has 1 atom stereocenters. The first-order valence-electron chi connectivity index (χ1n) is 9.68. The summed E-state index contributed by atoms with van der Waals surface area (Å²) in [4.78, 5) is 18.1. The second-order valence-electron chi connectivity index (χ2n) is 7.23. The van der Waals surface area contributed by atoms with Gasteiger partial charge in [-0.2, -0.15) is 0 Å². The van der Waals surface area contributed by atoms with Crippen LogP contribution in [-0.4, -0.2) is 15.5 Å². The zero-order valence-corrected chi connectivity index (χ0v) is 16.3. The maximum Gasteiger partial charge on any atom is 0.255 e. The molecule has 0 unspecified atom stereocenters. The number of benzene rings is 3. The molecule has 0 fully saturated rings. The number of hydrogen-bond donors (Lipinski definition) is 2. The molecule has 2 N–H and O–H groups in total. The van der Waals surface area contributed by atoms with Crippen molar-refractivity contribution in [3.8, 4) is 0 Å². The minimum atomic E-state index is -0.352.